The van der Waals surface area contributed by atoms with Gasteiger partial charge in [0.25, 0.3) is 5.56 Å². The summed E-state index contributed by atoms with van der Waals surface area (Å²) in [6.45, 7) is 18.9. The van der Waals surface area contributed by atoms with Gasteiger partial charge in [0.05, 0.1) is 22.9 Å². The molecular formula is C41H48ClN3O2Si2. The van der Waals surface area contributed by atoms with Gasteiger partial charge < -0.3 is 14.2 Å². The molecule has 3 aromatic carbocycles. The van der Waals surface area contributed by atoms with Gasteiger partial charge >= 0.3 is 0 Å². The van der Waals surface area contributed by atoms with Crippen molar-refractivity contribution < 1.29 is 5.11 Å². The molecule has 1 N–H and O–H groups in total. The predicted molar refractivity (Wildman–Crippen MR) is 210 cm³/mol. The third kappa shape index (κ3) is 6.77. The van der Waals surface area contributed by atoms with Crippen molar-refractivity contribution in [2.75, 3.05) is 0 Å². The molecule has 0 spiro atoms. The summed E-state index contributed by atoms with van der Waals surface area (Å²) in [6.07, 6.45) is 4.11. The Hall–Kier alpha value is -3.68. The van der Waals surface area contributed by atoms with Crippen LogP contribution in [0, 0.1) is 17.4 Å². The maximum atomic E-state index is 13.8. The van der Waals surface area contributed by atoms with E-state index in [9.17, 15) is 9.90 Å². The fourth-order valence-corrected chi connectivity index (χ4v) is 9.10. The van der Waals surface area contributed by atoms with Gasteiger partial charge in [-0.05, 0) is 82.4 Å². The van der Waals surface area contributed by atoms with Crippen LogP contribution in [0.3, 0.4) is 0 Å². The summed E-state index contributed by atoms with van der Waals surface area (Å²) >= 11 is 6.37. The molecule has 254 valence electrons. The number of benzene rings is 3. The molecule has 5 nitrogen and oxygen atoms in total. The standard InChI is InChI=1S/C41H48ClN3O2Si2/c1-40(2,3)49(8,9)39-43-26-37(44(39)4)41(47,31-15-18-33(42)19-16-31)32-17-20-36-35(24-32)34(25-38(46)45(36)27-29-13-14-29)30-12-10-11-28(23-30)21-22-48(5,6)7/h10-12,15-20,23-26,29,47H,13-14,27H2,1-9H3. The zero-order chi connectivity index (χ0) is 35.5. The van der Waals surface area contributed by atoms with Crippen LogP contribution in [0.15, 0.2) is 83.8 Å². The van der Waals surface area contributed by atoms with Crippen LogP contribution in [0.2, 0.25) is 42.8 Å². The van der Waals surface area contributed by atoms with Gasteiger partial charge in [0, 0.05) is 35.6 Å². The number of pyridine rings is 1. The summed E-state index contributed by atoms with van der Waals surface area (Å²) in [5.41, 5.74) is 8.55. The number of hydrogen-bond donors (Lipinski definition) is 1. The normalized spacial score (nSPS) is 15.2. The summed E-state index contributed by atoms with van der Waals surface area (Å²) in [4.78, 5) is 18.8. The van der Waals surface area contributed by atoms with Gasteiger partial charge in [-0.15, -0.1) is 5.54 Å². The zero-order valence-electron chi connectivity index (χ0n) is 30.3. The number of rotatable bonds is 7. The van der Waals surface area contributed by atoms with Crippen molar-refractivity contribution in [1.82, 2.24) is 14.1 Å². The summed E-state index contributed by atoms with van der Waals surface area (Å²) < 4.78 is 4.02. The minimum atomic E-state index is -2.07. The van der Waals surface area contributed by atoms with Gasteiger partial charge in [-0.2, -0.15) is 0 Å². The Morgan fingerprint density at radius 2 is 1.61 bits per heavy atom. The van der Waals surface area contributed by atoms with Gasteiger partial charge in [-0.3, -0.25) is 4.79 Å². The first-order valence-corrected chi connectivity index (χ1v) is 24.1. The lowest BCUT2D eigenvalue weighted by molar-refractivity contribution is 0.118. The van der Waals surface area contributed by atoms with Crippen molar-refractivity contribution in [3.63, 3.8) is 0 Å². The van der Waals surface area contributed by atoms with Crippen LogP contribution in [0.1, 0.15) is 56.0 Å². The van der Waals surface area contributed by atoms with Crippen LogP contribution in [0.25, 0.3) is 22.0 Å². The second-order valence-corrected chi connectivity index (χ2v) is 26.8. The predicted octanol–water partition coefficient (Wildman–Crippen LogP) is 8.69. The Balaban J connectivity index is 1.62. The van der Waals surface area contributed by atoms with Crippen molar-refractivity contribution in [3.05, 3.63) is 117 Å². The van der Waals surface area contributed by atoms with E-state index >= 15 is 0 Å². The van der Waals surface area contributed by atoms with Gasteiger partial charge in [0.1, 0.15) is 16.1 Å². The van der Waals surface area contributed by atoms with Crippen LogP contribution in [-0.2, 0) is 19.2 Å². The second-order valence-electron chi connectivity index (χ2n) is 16.4. The molecule has 1 unspecified atom stereocenters. The number of hydrogen-bond acceptors (Lipinski definition) is 3. The Kier molecular flexibility index (Phi) is 9.03. The van der Waals surface area contributed by atoms with Crippen LogP contribution in [-0.4, -0.2) is 35.4 Å². The highest BCUT2D eigenvalue weighted by Crippen LogP contribution is 2.41. The Bertz CT molecular complexity index is 2170. The quantitative estimate of drug-likeness (QED) is 0.136. The smallest absolute Gasteiger partial charge is 0.251 e. The molecular weight excluding hydrogens is 658 g/mol. The van der Waals surface area contributed by atoms with Crippen LogP contribution in [0.4, 0.5) is 0 Å². The largest absolute Gasteiger partial charge is 0.374 e. The minimum absolute atomic E-state index is 0.0145. The van der Waals surface area contributed by atoms with E-state index in [2.05, 4.69) is 81.7 Å². The molecule has 0 aliphatic heterocycles. The third-order valence-electron chi connectivity index (χ3n) is 10.5. The SMILES string of the molecule is Cn1c(C(O)(c2ccc(Cl)cc2)c2ccc3c(c2)c(-c2cccc(C#C[Si](C)(C)C)c2)cc(=O)n3CC2CC2)cnc1[Si](C)(C)C(C)(C)C. The Morgan fingerprint density at radius 1 is 0.939 bits per heavy atom. The molecule has 2 heterocycles. The summed E-state index contributed by atoms with van der Waals surface area (Å²) in [6, 6.07) is 23.4. The molecule has 5 aromatic rings. The first kappa shape index (κ1) is 35.2. The maximum absolute atomic E-state index is 13.8. The van der Waals surface area contributed by atoms with E-state index in [1.165, 1.54) is 0 Å². The average Bonchev–Trinajstić information content (AvgIpc) is 3.77. The number of nitrogens with zero attached hydrogens (tertiary/aromatic N) is 3. The lowest BCUT2D eigenvalue weighted by atomic mass is 9.82. The molecule has 6 rings (SSSR count). The Labute approximate surface area is 298 Å². The van der Waals surface area contributed by atoms with Crippen LogP contribution >= 0.6 is 11.6 Å². The number of aromatic nitrogens is 3. The van der Waals surface area contributed by atoms with Gasteiger partial charge in [-0.25, -0.2) is 4.98 Å². The third-order valence-corrected chi connectivity index (χ3v) is 16.9. The summed E-state index contributed by atoms with van der Waals surface area (Å²) in [5, 5.41) is 14.8. The van der Waals surface area contributed by atoms with Gasteiger partial charge in [0.2, 0.25) is 0 Å². The first-order chi connectivity index (χ1) is 22.9. The minimum Gasteiger partial charge on any atom is -0.374 e. The van der Waals surface area contributed by atoms with Crippen molar-refractivity contribution >= 4 is 44.1 Å². The van der Waals surface area contributed by atoms with Crippen molar-refractivity contribution in [1.29, 1.82) is 0 Å². The topological polar surface area (TPSA) is 60.1 Å². The van der Waals surface area contributed by atoms with E-state index in [4.69, 9.17) is 16.6 Å². The average molecular weight is 706 g/mol. The lowest BCUT2D eigenvalue weighted by Crippen LogP contribution is -2.54. The fourth-order valence-electron chi connectivity index (χ4n) is 6.44. The van der Waals surface area contributed by atoms with Crippen LogP contribution in [0.5, 0.6) is 0 Å². The highest BCUT2D eigenvalue weighted by atomic mass is 35.5. The highest BCUT2D eigenvalue weighted by Gasteiger charge is 2.44. The van der Waals surface area contributed by atoms with Crippen molar-refractivity contribution in [2.24, 2.45) is 13.0 Å². The molecule has 1 fully saturated rings. The molecule has 0 radical (unpaired) electrons. The summed E-state index contributed by atoms with van der Waals surface area (Å²) in [5.74, 6) is 3.90. The molecule has 0 bridgehead atoms. The zero-order valence-corrected chi connectivity index (χ0v) is 33.0. The monoisotopic (exact) mass is 705 g/mol. The van der Waals surface area contributed by atoms with E-state index in [0.29, 0.717) is 34.3 Å². The fraction of sp³-hybridized carbons (Fsp3) is 0.366. The van der Waals surface area contributed by atoms with E-state index in [0.717, 1.165) is 45.9 Å². The van der Waals surface area contributed by atoms with E-state index in [1.807, 2.05) is 72.4 Å². The van der Waals surface area contributed by atoms with Gasteiger partial charge in [0.15, 0.2) is 5.60 Å². The van der Waals surface area contributed by atoms with Crippen molar-refractivity contribution in [3.8, 4) is 22.6 Å². The lowest BCUT2D eigenvalue weighted by Gasteiger charge is -2.37. The first-order valence-electron chi connectivity index (χ1n) is 17.2. The number of aliphatic hydroxyl groups is 1. The molecule has 49 heavy (non-hydrogen) atoms. The molecule has 1 saturated carbocycles. The van der Waals surface area contributed by atoms with E-state index < -0.39 is 21.7 Å². The highest BCUT2D eigenvalue weighted by molar-refractivity contribution is 6.91. The number of fused-ring (bicyclic) bond motifs is 1. The molecule has 8 heteroatoms. The van der Waals surface area contributed by atoms with E-state index in [1.54, 1.807) is 6.07 Å². The number of halogens is 1. The summed E-state index contributed by atoms with van der Waals surface area (Å²) in [7, 11) is -1.63. The molecule has 1 aliphatic rings. The molecule has 2 aromatic heterocycles. The van der Waals surface area contributed by atoms with Gasteiger partial charge in [-0.1, -0.05) is 101 Å². The van der Waals surface area contributed by atoms with Crippen molar-refractivity contribution in [2.45, 2.75) is 83.5 Å². The maximum Gasteiger partial charge on any atom is 0.251 e. The molecule has 1 aliphatic carbocycles. The second kappa shape index (κ2) is 12.6. The van der Waals surface area contributed by atoms with E-state index in [-0.39, 0.29) is 10.6 Å². The molecule has 0 amide bonds. The molecule has 0 saturated heterocycles. The number of imidazole rings is 1. The van der Waals surface area contributed by atoms with Crippen LogP contribution < -0.4 is 11.0 Å². The Morgan fingerprint density at radius 3 is 2.24 bits per heavy atom. The molecule has 1 atom stereocenters.